The number of carbonyl (C=O) groups excluding carboxylic acids is 2. The smallest absolute Gasteiger partial charge is 0.341 e. The van der Waals surface area contributed by atoms with Crippen molar-refractivity contribution in [3.8, 4) is 0 Å². The van der Waals surface area contributed by atoms with Gasteiger partial charge in [0.25, 0.3) is 0 Å². The second kappa shape index (κ2) is 6.44. The summed E-state index contributed by atoms with van der Waals surface area (Å²) in [5.74, 6) is -0.786. The van der Waals surface area contributed by atoms with Gasteiger partial charge in [-0.05, 0) is 19.1 Å². The van der Waals surface area contributed by atoms with Crippen LogP contribution in [0.1, 0.15) is 12.7 Å². The van der Waals surface area contributed by atoms with Crippen LogP contribution in [0.4, 0.5) is 0 Å². The van der Waals surface area contributed by atoms with Gasteiger partial charge in [0, 0.05) is 5.57 Å². The molecule has 0 N–H and O–H groups in total. The number of hydrogen-bond donors (Lipinski definition) is 0. The molecule has 1 aromatic rings. The van der Waals surface area contributed by atoms with Crippen LogP contribution in [-0.4, -0.2) is 25.2 Å². The lowest BCUT2D eigenvalue weighted by Gasteiger charge is -2.06. The van der Waals surface area contributed by atoms with Crippen molar-refractivity contribution in [2.45, 2.75) is 6.92 Å². The summed E-state index contributed by atoms with van der Waals surface area (Å²) in [5.41, 5.74) is 0.410. The first-order chi connectivity index (χ1) is 8.52. The van der Waals surface area contributed by atoms with Gasteiger partial charge in [-0.1, -0.05) is 13.2 Å². The first-order valence-electron chi connectivity index (χ1n) is 5.25. The molecule has 0 fully saturated rings. The van der Waals surface area contributed by atoms with E-state index in [9.17, 15) is 9.59 Å². The molecule has 5 heteroatoms. The van der Waals surface area contributed by atoms with E-state index >= 15 is 0 Å². The van der Waals surface area contributed by atoms with E-state index in [2.05, 4.69) is 13.2 Å². The van der Waals surface area contributed by atoms with Gasteiger partial charge < -0.3 is 13.9 Å². The number of hydrogen-bond acceptors (Lipinski definition) is 5. The van der Waals surface area contributed by atoms with Gasteiger partial charge in [0.15, 0.2) is 0 Å². The third-order valence-corrected chi connectivity index (χ3v) is 1.96. The van der Waals surface area contributed by atoms with Gasteiger partial charge >= 0.3 is 11.9 Å². The number of ether oxygens (including phenoxy) is 2. The van der Waals surface area contributed by atoms with Crippen molar-refractivity contribution in [1.29, 1.82) is 0 Å². The molecule has 0 bridgehead atoms. The quantitative estimate of drug-likeness (QED) is 0.438. The van der Waals surface area contributed by atoms with Gasteiger partial charge in [-0.3, -0.25) is 0 Å². The van der Waals surface area contributed by atoms with Crippen LogP contribution in [0.15, 0.2) is 41.5 Å². The minimum atomic E-state index is -0.615. The van der Waals surface area contributed by atoms with Crippen molar-refractivity contribution in [2.24, 2.45) is 0 Å². The number of furan rings is 1. The summed E-state index contributed by atoms with van der Waals surface area (Å²) in [4.78, 5) is 22.5. The summed E-state index contributed by atoms with van der Waals surface area (Å²) in [5, 5.41) is 0. The SMILES string of the molecule is C=C(C)C(=O)OCCOC(=O)C(=C)c1ccco1. The van der Waals surface area contributed by atoms with Gasteiger partial charge in [-0.15, -0.1) is 0 Å². The molecule has 0 spiro atoms. The summed E-state index contributed by atoms with van der Waals surface area (Å²) in [7, 11) is 0. The zero-order chi connectivity index (χ0) is 13.5. The first-order valence-corrected chi connectivity index (χ1v) is 5.25. The van der Waals surface area contributed by atoms with Crippen molar-refractivity contribution in [3.63, 3.8) is 0 Å². The van der Waals surface area contributed by atoms with E-state index in [4.69, 9.17) is 13.9 Å². The van der Waals surface area contributed by atoms with Crippen LogP contribution in [0, 0.1) is 0 Å². The zero-order valence-corrected chi connectivity index (χ0v) is 10.1. The Morgan fingerprint density at radius 3 is 2.33 bits per heavy atom. The molecule has 18 heavy (non-hydrogen) atoms. The third kappa shape index (κ3) is 3.93. The fraction of sp³-hybridized carbons (Fsp3) is 0.231. The van der Waals surface area contributed by atoms with E-state index in [1.54, 1.807) is 12.1 Å². The van der Waals surface area contributed by atoms with Crippen LogP contribution in [0.3, 0.4) is 0 Å². The second-order valence-electron chi connectivity index (χ2n) is 3.51. The molecular weight excluding hydrogens is 236 g/mol. The maximum atomic E-state index is 11.5. The van der Waals surface area contributed by atoms with E-state index in [0.29, 0.717) is 11.3 Å². The highest BCUT2D eigenvalue weighted by atomic mass is 16.6. The molecule has 0 saturated heterocycles. The number of carbonyl (C=O) groups is 2. The van der Waals surface area contributed by atoms with Gasteiger partial charge in [0.2, 0.25) is 0 Å². The van der Waals surface area contributed by atoms with Gasteiger partial charge in [-0.25, -0.2) is 9.59 Å². The Hall–Kier alpha value is -2.30. The normalized spacial score (nSPS) is 9.61. The molecule has 0 aliphatic carbocycles. The number of esters is 2. The summed E-state index contributed by atoms with van der Waals surface area (Å²) >= 11 is 0. The van der Waals surface area contributed by atoms with Crippen molar-refractivity contribution in [1.82, 2.24) is 0 Å². The Morgan fingerprint density at radius 1 is 1.22 bits per heavy atom. The molecule has 96 valence electrons. The Balaban J connectivity index is 2.28. The average Bonchev–Trinajstić information content (AvgIpc) is 2.86. The van der Waals surface area contributed by atoms with Crippen LogP contribution >= 0.6 is 0 Å². The summed E-state index contributed by atoms with van der Waals surface area (Å²) in [6.07, 6.45) is 1.43. The van der Waals surface area contributed by atoms with E-state index in [1.807, 2.05) is 0 Å². The van der Waals surface area contributed by atoms with Crippen molar-refractivity contribution in [2.75, 3.05) is 13.2 Å². The van der Waals surface area contributed by atoms with Crippen LogP contribution in [0.25, 0.3) is 5.57 Å². The molecule has 0 aliphatic rings. The minimum absolute atomic E-state index is 0.0249. The lowest BCUT2D eigenvalue weighted by atomic mass is 10.2. The third-order valence-electron chi connectivity index (χ3n) is 1.96. The zero-order valence-electron chi connectivity index (χ0n) is 10.1. The van der Waals surface area contributed by atoms with Crippen LogP contribution in [0.2, 0.25) is 0 Å². The van der Waals surface area contributed by atoms with Crippen molar-refractivity contribution >= 4 is 17.5 Å². The van der Waals surface area contributed by atoms with Crippen LogP contribution < -0.4 is 0 Å². The average molecular weight is 250 g/mol. The standard InChI is InChI=1S/C13H14O5/c1-9(2)12(14)17-7-8-18-13(15)10(3)11-5-4-6-16-11/h4-6H,1,3,7-8H2,2H3. The van der Waals surface area contributed by atoms with E-state index < -0.39 is 11.9 Å². The van der Waals surface area contributed by atoms with Crippen LogP contribution in [-0.2, 0) is 19.1 Å². The summed E-state index contributed by atoms with van der Waals surface area (Å²) < 4.78 is 14.6. The minimum Gasteiger partial charge on any atom is -0.464 e. The van der Waals surface area contributed by atoms with Gasteiger partial charge in [0.1, 0.15) is 19.0 Å². The fourth-order valence-corrected chi connectivity index (χ4v) is 1.03. The molecular formula is C13H14O5. The van der Waals surface area contributed by atoms with E-state index in [1.165, 1.54) is 13.2 Å². The molecule has 0 saturated carbocycles. The molecule has 0 unspecified atom stereocenters. The molecule has 5 nitrogen and oxygen atoms in total. The number of rotatable bonds is 6. The molecule has 0 atom stereocenters. The van der Waals surface area contributed by atoms with Crippen molar-refractivity contribution in [3.05, 3.63) is 42.9 Å². The highest BCUT2D eigenvalue weighted by molar-refractivity contribution is 6.14. The molecule has 1 rings (SSSR count). The Morgan fingerprint density at radius 2 is 1.83 bits per heavy atom. The summed E-state index contributed by atoms with van der Waals surface area (Å²) in [6.45, 7) is 8.44. The maximum Gasteiger partial charge on any atom is 0.341 e. The van der Waals surface area contributed by atoms with E-state index in [0.717, 1.165) is 0 Å². The highest BCUT2D eigenvalue weighted by Crippen LogP contribution is 2.13. The Kier molecular flexibility index (Phi) is 4.92. The second-order valence-corrected chi connectivity index (χ2v) is 3.51. The first kappa shape index (κ1) is 13.8. The monoisotopic (exact) mass is 250 g/mol. The molecule has 0 aromatic carbocycles. The Labute approximate surface area is 105 Å². The van der Waals surface area contributed by atoms with Crippen molar-refractivity contribution < 1.29 is 23.5 Å². The Bertz CT molecular complexity index is 456. The highest BCUT2D eigenvalue weighted by Gasteiger charge is 2.13. The molecule has 1 heterocycles. The summed E-state index contributed by atoms with van der Waals surface area (Å²) in [6, 6.07) is 3.24. The maximum absolute atomic E-state index is 11.5. The van der Waals surface area contributed by atoms with Gasteiger partial charge in [0.05, 0.1) is 11.8 Å². The fourth-order valence-electron chi connectivity index (χ4n) is 1.03. The van der Waals surface area contributed by atoms with Crippen LogP contribution in [0.5, 0.6) is 0 Å². The lowest BCUT2D eigenvalue weighted by molar-refractivity contribution is -0.146. The largest absolute Gasteiger partial charge is 0.464 e. The topological polar surface area (TPSA) is 65.7 Å². The molecule has 0 radical (unpaired) electrons. The van der Waals surface area contributed by atoms with E-state index in [-0.39, 0.29) is 18.8 Å². The molecule has 1 aromatic heterocycles. The molecule has 0 amide bonds. The predicted molar refractivity (Wildman–Crippen MR) is 64.5 cm³/mol. The predicted octanol–water partition coefficient (Wildman–Crippen LogP) is 1.96. The van der Waals surface area contributed by atoms with Gasteiger partial charge in [-0.2, -0.15) is 0 Å². The molecule has 0 aliphatic heterocycles. The lowest BCUT2D eigenvalue weighted by Crippen LogP contribution is -2.14.